The molecule has 0 saturated carbocycles. The molecule has 10 heavy (non-hydrogen) atoms. The van der Waals surface area contributed by atoms with E-state index in [4.69, 9.17) is 25.2 Å². The van der Waals surface area contributed by atoms with E-state index >= 15 is 0 Å². The van der Waals surface area contributed by atoms with Crippen molar-refractivity contribution in [2.75, 3.05) is 0 Å². The molecule has 0 radical (unpaired) electrons. The summed E-state index contributed by atoms with van der Waals surface area (Å²) in [7, 11) is 4.73. The Labute approximate surface area is 84.1 Å². The van der Waals surface area contributed by atoms with Gasteiger partial charge in [0.15, 0.2) is 0 Å². The minimum atomic E-state index is -0.787. The van der Waals surface area contributed by atoms with Gasteiger partial charge in [0.05, 0.1) is 0 Å². The third-order valence-electron chi connectivity index (χ3n) is 1.11. The second kappa shape index (κ2) is 6.60. The number of hydrogen-bond donors (Lipinski definition) is 1. The Hall–Kier alpha value is 0.903. The molecular weight excluding hydrogens is 250 g/mol. The minimum absolute atomic E-state index is 0.787. The van der Waals surface area contributed by atoms with Gasteiger partial charge in [-0.3, -0.25) is 0 Å². The van der Waals surface area contributed by atoms with Crippen molar-refractivity contribution in [2.24, 2.45) is 0 Å². The Morgan fingerprint density at radius 1 is 1.60 bits per heavy atom. The van der Waals surface area contributed by atoms with E-state index in [0.717, 1.165) is 35.5 Å². The van der Waals surface area contributed by atoms with E-state index in [1.165, 1.54) is 0 Å². The predicted molar refractivity (Wildman–Crippen MR) is 39.6 cm³/mol. The van der Waals surface area contributed by atoms with E-state index in [1.54, 1.807) is 0 Å². The van der Waals surface area contributed by atoms with Crippen molar-refractivity contribution < 1.29 is 28.6 Å². The molecule has 0 amide bonds. The van der Waals surface area contributed by atoms with Gasteiger partial charge < -0.3 is 5.11 Å². The van der Waals surface area contributed by atoms with E-state index in [-0.39, 0.29) is 0 Å². The zero-order valence-electron chi connectivity index (χ0n) is 5.22. The van der Waals surface area contributed by atoms with Crippen LogP contribution < -0.4 is 0 Å². The summed E-state index contributed by atoms with van der Waals surface area (Å²) in [6.07, 6.45) is 6.48. The van der Waals surface area contributed by atoms with Crippen LogP contribution in [0.4, 0.5) is 0 Å². The fraction of sp³-hybridized carbons (Fsp3) is 0.333. The quantitative estimate of drug-likeness (QED) is 0.713. The number of alkyl halides is 1. The SMILES string of the molecule is OC(Cl)C1=CC=CC1.[Cl][Zr]. The van der Waals surface area contributed by atoms with Gasteiger partial charge in [-0.15, -0.1) is 0 Å². The van der Waals surface area contributed by atoms with Crippen LogP contribution in [0.25, 0.3) is 0 Å². The summed E-state index contributed by atoms with van der Waals surface area (Å²) in [6.45, 7) is 0. The molecule has 0 heterocycles. The van der Waals surface area contributed by atoms with Gasteiger partial charge in [-0.2, -0.15) is 0 Å². The van der Waals surface area contributed by atoms with Gasteiger partial charge in [-0.05, 0) is 12.0 Å². The molecule has 1 aliphatic carbocycles. The molecule has 0 aromatic carbocycles. The zero-order valence-corrected chi connectivity index (χ0v) is 9.19. The van der Waals surface area contributed by atoms with Crippen LogP contribution >= 0.6 is 20.1 Å². The molecule has 0 spiro atoms. The summed E-state index contributed by atoms with van der Waals surface area (Å²) in [4.78, 5) is 0. The summed E-state index contributed by atoms with van der Waals surface area (Å²) < 4.78 is 0. The van der Waals surface area contributed by atoms with Crippen molar-refractivity contribution in [3.63, 3.8) is 0 Å². The third-order valence-corrected chi connectivity index (χ3v) is 1.39. The van der Waals surface area contributed by atoms with Crippen LogP contribution in [-0.2, 0) is 23.5 Å². The maximum atomic E-state index is 8.71. The number of halogens is 2. The molecule has 0 aliphatic heterocycles. The Balaban J connectivity index is 0.000000371. The monoisotopic (exact) mass is 255 g/mol. The zero-order chi connectivity index (χ0) is 7.98. The van der Waals surface area contributed by atoms with E-state index in [2.05, 4.69) is 0 Å². The second-order valence-corrected chi connectivity index (χ2v) is 2.12. The molecule has 0 fully saturated rings. The average molecular weight is 257 g/mol. The normalized spacial score (nSPS) is 17.2. The second-order valence-electron chi connectivity index (χ2n) is 1.71. The molecule has 0 aromatic rings. The topological polar surface area (TPSA) is 20.2 Å². The molecule has 1 N–H and O–H groups in total. The number of aliphatic hydroxyl groups is 1. The van der Waals surface area contributed by atoms with E-state index in [9.17, 15) is 0 Å². The number of allylic oxidation sites excluding steroid dienone is 3. The average Bonchev–Trinajstić information content (AvgIpc) is 2.42. The van der Waals surface area contributed by atoms with Crippen LogP contribution in [0.2, 0.25) is 0 Å². The number of hydrogen-bond acceptors (Lipinski definition) is 1. The molecule has 0 aromatic heterocycles. The molecule has 4 heteroatoms. The van der Waals surface area contributed by atoms with Crippen LogP contribution in [0.15, 0.2) is 23.8 Å². The van der Waals surface area contributed by atoms with Crippen molar-refractivity contribution in [2.45, 2.75) is 12.0 Å². The maximum absolute atomic E-state index is 8.71. The Kier molecular flexibility index (Phi) is 7.20. The fourth-order valence-electron chi connectivity index (χ4n) is 0.640. The Bertz CT molecular complexity index is 143. The van der Waals surface area contributed by atoms with Crippen LogP contribution in [0, 0.1) is 0 Å². The van der Waals surface area contributed by atoms with Gasteiger partial charge in [-0.25, -0.2) is 0 Å². The Morgan fingerprint density at radius 2 is 2.20 bits per heavy atom. The molecule has 1 rings (SSSR count). The van der Waals surface area contributed by atoms with Gasteiger partial charge in [0.1, 0.15) is 5.56 Å². The molecular formula is C6H7Cl2OZr. The summed E-state index contributed by atoms with van der Waals surface area (Å²) in [6, 6.07) is 0. The van der Waals surface area contributed by atoms with Crippen LogP contribution in [0.1, 0.15) is 6.42 Å². The van der Waals surface area contributed by atoms with Crippen molar-refractivity contribution >= 4 is 20.1 Å². The van der Waals surface area contributed by atoms with Crippen LogP contribution in [0.3, 0.4) is 0 Å². The van der Waals surface area contributed by atoms with Gasteiger partial charge in [0.2, 0.25) is 0 Å². The van der Waals surface area contributed by atoms with Crippen LogP contribution in [0.5, 0.6) is 0 Å². The molecule has 0 bridgehead atoms. The van der Waals surface area contributed by atoms with Crippen molar-refractivity contribution in [1.29, 1.82) is 0 Å². The first-order valence-electron chi connectivity index (χ1n) is 2.67. The molecule has 55 valence electrons. The van der Waals surface area contributed by atoms with E-state index in [1.807, 2.05) is 18.2 Å². The van der Waals surface area contributed by atoms with E-state index < -0.39 is 5.56 Å². The molecule has 1 nitrogen and oxygen atoms in total. The number of rotatable bonds is 1. The summed E-state index contributed by atoms with van der Waals surface area (Å²) in [5.41, 5.74) is 0.0941. The summed E-state index contributed by atoms with van der Waals surface area (Å²) in [5.74, 6) is 0. The first-order chi connectivity index (χ1) is 4.80. The van der Waals surface area contributed by atoms with Gasteiger partial charge >= 0.3 is 32.0 Å². The third kappa shape index (κ3) is 3.92. The Morgan fingerprint density at radius 3 is 2.40 bits per heavy atom. The van der Waals surface area contributed by atoms with E-state index in [0.29, 0.717) is 0 Å². The van der Waals surface area contributed by atoms with Gasteiger partial charge in [-0.1, -0.05) is 29.8 Å². The predicted octanol–water partition coefficient (Wildman–Crippen LogP) is 2.12. The van der Waals surface area contributed by atoms with Crippen molar-refractivity contribution in [3.8, 4) is 0 Å². The van der Waals surface area contributed by atoms with Crippen molar-refractivity contribution in [3.05, 3.63) is 23.8 Å². The van der Waals surface area contributed by atoms with Crippen molar-refractivity contribution in [1.82, 2.24) is 0 Å². The summed E-state index contributed by atoms with van der Waals surface area (Å²) >= 11 is 6.35. The molecule has 0 saturated heterocycles. The fourth-order valence-corrected chi connectivity index (χ4v) is 0.802. The molecule has 1 atom stereocenters. The number of aliphatic hydroxyl groups excluding tert-OH is 1. The molecule has 1 unspecified atom stereocenters. The van der Waals surface area contributed by atoms with Crippen LogP contribution in [-0.4, -0.2) is 10.7 Å². The first kappa shape index (κ1) is 10.9. The summed E-state index contributed by atoms with van der Waals surface area (Å²) in [5, 5.41) is 8.71. The van der Waals surface area contributed by atoms with Gasteiger partial charge in [0.25, 0.3) is 0 Å². The standard InChI is InChI=1S/C6H7ClO.ClH.Zr/c7-6(8)5-3-1-2-4-5;;/h1-3,6,8H,4H2;1H;/q;;+1/p-1. The first-order valence-corrected chi connectivity index (χ1v) is 6.27. The molecule has 1 aliphatic rings. The van der Waals surface area contributed by atoms with Gasteiger partial charge in [0, 0.05) is 0 Å².